The summed E-state index contributed by atoms with van der Waals surface area (Å²) in [5.74, 6) is 0. The fourth-order valence-electron chi connectivity index (χ4n) is 2.48. The molecule has 1 N–H and O–H groups in total. The van der Waals surface area contributed by atoms with Crippen LogP contribution in [0.5, 0.6) is 0 Å². The molecule has 0 aliphatic carbocycles. The third kappa shape index (κ3) is 3.07. The molecule has 0 unspecified atom stereocenters. The molecule has 2 heterocycles. The Morgan fingerprint density at radius 2 is 1.85 bits per heavy atom. The van der Waals surface area contributed by atoms with Crippen molar-refractivity contribution in [2.75, 3.05) is 6.54 Å². The summed E-state index contributed by atoms with van der Waals surface area (Å²) in [7, 11) is 0. The van der Waals surface area contributed by atoms with Gasteiger partial charge < -0.3 is 5.32 Å². The molecule has 0 radical (unpaired) electrons. The Labute approximate surface area is 121 Å². The largest absolute Gasteiger partial charge is 0.313 e. The van der Waals surface area contributed by atoms with Gasteiger partial charge >= 0.3 is 0 Å². The van der Waals surface area contributed by atoms with Crippen LogP contribution in [0, 0.1) is 0 Å². The normalized spacial score (nSPS) is 10.9. The van der Waals surface area contributed by atoms with Crippen LogP contribution in [0.2, 0.25) is 0 Å². The zero-order valence-corrected chi connectivity index (χ0v) is 12.7. The van der Waals surface area contributed by atoms with E-state index in [1.807, 2.05) is 24.5 Å². The van der Waals surface area contributed by atoms with Crippen LogP contribution < -0.4 is 5.32 Å². The first-order valence-corrected chi connectivity index (χ1v) is 7.52. The smallest absolute Gasteiger partial charge is 0.0679 e. The number of nitrogens with zero attached hydrogens (tertiary/aromatic N) is 3. The Kier molecular flexibility index (Phi) is 5.30. The van der Waals surface area contributed by atoms with Crippen molar-refractivity contribution in [3.8, 4) is 5.69 Å². The molecular formula is C16H24N4. The van der Waals surface area contributed by atoms with Crippen LogP contribution in [0.25, 0.3) is 5.69 Å². The van der Waals surface area contributed by atoms with Crippen molar-refractivity contribution in [1.29, 1.82) is 0 Å². The molecule has 0 saturated heterocycles. The molecule has 2 aromatic rings. The van der Waals surface area contributed by atoms with Gasteiger partial charge in [0.1, 0.15) is 0 Å². The zero-order chi connectivity index (χ0) is 14.4. The molecule has 0 saturated carbocycles. The maximum absolute atomic E-state index is 4.80. The molecule has 108 valence electrons. The van der Waals surface area contributed by atoms with Gasteiger partial charge in [0.15, 0.2) is 0 Å². The van der Waals surface area contributed by atoms with Gasteiger partial charge in [0.25, 0.3) is 0 Å². The fraction of sp³-hybridized carbons (Fsp3) is 0.500. The van der Waals surface area contributed by atoms with E-state index in [1.54, 1.807) is 0 Å². The van der Waals surface area contributed by atoms with Gasteiger partial charge in [0.05, 0.1) is 11.4 Å². The Bertz CT molecular complexity index is 531. The average molecular weight is 272 g/mol. The van der Waals surface area contributed by atoms with Gasteiger partial charge in [0.2, 0.25) is 0 Å². The lowest BCUT2D eigenvalue weighted by Gasteiger charge is -2.08. The minimum atomic E-state index is 0.908. The number of rotatable bonds is 7. The van der Waals surface area contributed by atoms with Gasteiger partial charge in [-0.3, -0.25) is 4.98 Å². The molecule has 0 atom stereocenters. The van der Waals surface area contributed by atoms with Crippen LogP contribution in [-0.4, -0.2) is 21.3 Å². The minimum Gasteiger partial charge on any atom is -0.313 e. The summed E-state index contributed by atoms with van der Waals surface area (Å²) in [5.41, 5.74) is 4.95. The van der Waals surface area contributed by atoms with Crippen LogP contribution in [0.1, 0.15) is 44.1 Å². The number of aromatic nitrogens is 3. The summed E-state index contributed by atoms with van der Waals surface area (Å²) in [6, 6.07) is 4.02. The molecule has 0 spiro atoms. The molecule has 0 aromatic carbocycles. The number of aryl methyl sites for hydroxylation is 1. The standard InChI is InChI=1S/C16H24N4/c1-4-9-18-12-14-15(5-2)19-20(16(14)6-3)13-7-10-17-11-8-13/h7-8,10-11,18H,4-6,9,12H2,1-3H3. The highest BCUT2D eigenvalue weighted by atomic mass is 15.3. The Morgan fingerprint density at radius 3 is 2.45 bits per heavy atom. The number of hydrogen-bond donors (Lipinski definition) is 1. The van der Waals surface area contributed by atoms with Crippen LogP contribution >= 0.6 is 0 Å². The predicted molar refractivity (Wildman–Crippen MR) is 82.1 cm³/mol. The predicted octanol–water partition coefficient (Wildman–Crippen LogP) is 2.89. The molecule has 4 nitrogen and oxygen atoms in total. The summed E-state index contributed by atoms with van der Waals surface area (Å²) in [5, 5.41) is 8.30. The molecular weight excluding hydrogens is 248 g/mol. The molecule has 2 aromatic heterocycles. The quantitative estimate of drug-likeness (QED) is 0.788. The van der Waals surface area contributed by atoms with Crippen molar-refractivity contribution in [3.05, 3.63) is 41.5 Å². The van der Waals surface area contributed by atoms with Crippen molar-refractivity contribution in [3.63, 3.8) is 0 Å². The lowest BCUT2D eigenvalue weighted by molar-refractivity contribution is 0.666. The van der Waals surface area contributed by atoms with Crippen molar-refractivity contribution in [2.45, 2.75) is 46.6 Å². The molecule has 2 rings (SSSR count). The van der Waals surface area contributed by atoms with E-state index in [0.29, 0.717) is 0 Å². The summed E-state index contributed by atoms with van der Waals surface area (Å²) < 4.78 is 2.07. The van der Waals surface area contributed by atoms with Crippen molar-refractivity contribution in [1.82, 2.24) is 20.1 Å². The van der Waals surface area contributed by atoms with E-state index in [4.69, 9.17) is 5.10 Å². The molecule has 0 amide bonds. The Hall–Kier alpha value is -1.68. The molecule has 0 bridgehead atoms. The van der Waals surface area contributed by atoms with Gasteiger partial charge in [-0.15, -0.1) is 0 Å². The molecule has 4 heteroatoms. The van der Waals surface area contributed by atoms with E-state index in [-0.39, 0.29) is 0 Å². The molecule has 0 aliphatic heterocycles. The third-order valence-electron chi connectivity index (χ3n) is 3.48. The van der Waals surface area contributed by atoms with Gasteiger partial charge in [-0.05, 0) is 37.9 Å². The van der Waals surface area contributed by atoms with Crippen molar-refractivity contribution >= 4 is 0 Å². The van der Waals surface area contributed by atoms with Crippen molar-refractivity contribution in [2.24, 2.45) is 0 Å². The molecule has 0 fully saturated rings. The Balaban J connectivity index is 2.38. The summed E-state index contributed by atoms with van der Waals surface area (Å²) >= 11 is 0. The fourth-order valence-corrected chi connectivity index (χ4v) is 2.48. The van der Waals surface area contributed by atoms with E-state index >= 15 is 0 Å². The summed E-state index contributed by atoms with van der Waals surface area (Å²) in [6.07, 6.45) is 6.74. The van der Waals surface area contributed by atoms with E-state index in [0.717, 1.165) is 38.0 Å². The monoisotopic (exact) mass is 272 g/mol. The van der Waals surface area contributed by atoms with Gasteiger partial charge in [-0.2, -0.15) is 5.10 Å². The average Bonchev–Trinajstić information content (AvgIpc) is 2.86. The lowest BCUT2D eigenvalue weighted by Crippen LogP contribution is -2.16. The topological polar surface area (TPSA) is 42.7 Å². The zero-order valence-electron chi connectivity index (χ0n) is 12.7. The van der Waals surface area contributed by atoms with Crippen LogP contribution in [0.4, 0.5) is 0 Å². The van der Waals surface area contributed by atoms with Gasteiger partial charge in [-0.25, -0.2) is 4.68 Å². The van der Waals surface area contributed by atoms with Crippen LogP contribution in [-0.2, 0) is 19.4 Å². The molecule has 0 aliphatic rings. The first kappa shape index (κ1) is 14.7. The summed E-state index contributed by atoms with van der Waals surface area (Å²) in [6.45, 7) is 8.51. The highest BCUT2D eigenvalue weighted by molar-refractivity contribution is 5.36. The lowest BCUT2D eigenvalue weighted by atomic mass is 10.1. The second kappa shape index (κ2) is 7.20. The molecule has 20 heavy (non-hydrogen) atoms. The van der Waals surface area contributed by atoms with Gasteiger partial charge in [-0.1, -0.05) is 20.8 Å². The third-order valence-corrected chi connectivity index (χ3v) is 3.48. The number of pyridine rings is 1. The van der Waals surface area contributed by atoms with E-state index in [2.05, 4.69) is 35.8 Å². The maximum atomic E-state index is 4.80. The second-order valence-electron chi connectivity index (χ2n) is 4.87. The first-order valence-electron chi connectivity index (χ1n) is 7.52. The first-order chi connectivity index (χ1) is 9.81. The van der Waals surface area contributed by atoms with Crippen LogP contribution in [0.3, 0.4) is 0 Å². The highest BCUT2D eigenvalue weighted by Crippen LogP contribution is 2.20. The van der Waals surface area contributed by atoms with E-state index in [1.165, 1.54) is 17.0 Å². The summed E-state index contributed by atoms with van der Waals surface area (Å²) in [4.78, 5) is 4.08. The van der Waals surface area contributed by atoms with Gasteiger partial charge in [0, 0.05) is 30.2 Å². The number of hydrogen-bond acceptors (Lipinski definition) is 3. The minimum absolute atomic E-state index is 0.908. The maximum Gasteiger partial charge on any atom is 0.0679 e. The van der Waals surface area contributed by atoms with E-state index in [9.17, 15) is 0 Å². The van der Waals surface area contributed by atoms with E-state index < -0.39 is 0 Å². The highest BCUT2D eigenvalue weighted by Gasteiger charge is 2.15. The van der Waals surface area contributed by atoms with Crippen LogP contribution in [0.15, 0.2) is 24.5 Å². The number of nitrogens with one attached hydrogen (secondary N) is 1. The Morgan fingerprint density at radius 1 is 1.10 bits per heavy atom. The SMILES string of the molecule is CCCNCc1c(CC)nn(-c2ccncc2)c1CC. The second-order valence-corrected chi connectivity index (χ2v) is 4.87. The van der Waals surface area contributed by atoms with Crippen molar-refractivity contribution < 1.29 is 0 Å².